The molecule has 0 aliphatic heterocycles. The molecule has 98 valence electrons. The summed E-state index contributed by atoms with van der Waals surface area (Å²) in [5.74, 6) is -0.631. The van der Waals surface area contributed by atoms with Crippen LogP contribution in [-0.2, 0) is 4.79 Å². The summed E-state index contributed by atoms with van der Waals surface area (Å²) < 4.78 is 19.3. The van der Waals surface area contributed by atoms with Crippen molar-refractivity contribution in [1.82, 2.24) is 0 Å². The van der Waals surface area contributed by atoms with Gasteiger partial charge in [-0.25, -0.2) is 4.39 Å². The number of carbonyl (C=O) groups is 1. The Bertz CT molecular complexity index is 639. The third kappa shape index (κ3) is 3.68. The third-order valence-corrected chi connectivity index (χ3v) is 2.92. The molecular weight excluding hydrogens is 337 g/mol. The van der Waals surface area contributed by atoms with Gasteiger partial charge in [0.25, 0.3) is 0 Å². The van der Waals surface area contributed by atoms with Crippen LogP contribution in [0, 0.1) is 5.82 Å². The molecule has 0 spiro atoms. The van der Waals surface area contributed by atoms with Crippen LogP contribution in [0.1, 0.15) is 5.76 Å². The second kappa shape index (κ2) is 6.04. The van der Waals surface area contributed by atoms with Gasteiger partial charge in [0.05, 0.1) is 10.7 Å². The Morgan fingerprint density at radius 2 is 2.16 bits per heavy atom. The summed E-state index contributed by atoms with van der Waals surface area (Å²) in [5.41, 5.74) is 0.0303. The number of benzene rings is 1. The van der Waals surface area contributed by atoms with Crippen molar-refractivity contribution in [1.29, 1.82) is 0 Å². The maximum Gasteiger partial charge on any atom is 0.248 e. The minimum atomic E-state index is -0.661. The van der Waals surface area contributed by atoms with E-state index >= 15 is 0 Å². The maximum atomic E-state index is 13.5. The molecule has 2 aromatic rings. The monoisotopic (exact) mass is 343 g/mol. The highest BCUT2D eigenvalue weighted by Gasteiger charge is 2.07. The Labute approximate surface area is 122 Å². The zero-order valence-corrected chi connectivity index (χ0v) is 11.8. The van der Waals surface area contributed by atoms with Gasteiger partial charge in [0, 0.05) is 6.08 Å². The topological polar surface area (TPSA) is 42.2 Å². The quantitative estimate of drug-likeness (QED) is 0.834. The number of carbonyl (C=O) groups excluding carboxylic acids is 1. The van der Waals surface area contributed by atoms with Crippen molar-refractivity contribution in [2.24, 2.45) is 0 Å². The van der Waals surface area contributed by atoms with Crippen molar-refractivity contribution in [3.63, 3.8) is 0 Å². The maximum absolute atomic E-state index is 13.5. The number of rotatable bonds is 3. The number of furan rings is 1. The van der Waals surface area contributed by atoms with Crippen LogP contribution in [0.2, 0.25) is 5.02 Å². The van der Waals surface area contributed by atoms with Crippen molar-refractivity contribution in [3.8, 4) is 0 Å². The number of nitrogens with one attached hydrogen (secondary N) is 1. The van der Waals surface area contributed by atoms with Gasteiger partial charge in [0.15, 0.2) is 10.5 Å². The van der Waals surface area contributed by atoms with Crippen LogP contribution in [0.25, 0.3) is 6.08 Å². The standard InChI is InChI=1S/C13H8BrClFNO2/c14-11-6-4-8(19-11)5-7-12(18)17-10-3-1-2-9(15)13(10)16/h1-7H,(H,17,18)/b7-5+. The minimum Gasteiger partial charge on any atom is -0.450 e. The summed E-state index contributed by atoms with van der Waals surface area (Å²) in [7, 11) is 0. The first-order chi connectivity index (χ1) is 9.06. The Hall–Kier alpha value is -1.59. The van der Waals surface area contributed by atoms with E-state index in [0.29, 0.717) is 10.4 Å². The zero-order valence-electron chi connectivity index (χ0n) is 9.49. The van der Waals surface area contributed by atoms with E-state index in [0.717, 1.165) is 0 Å². The number of hydrogen-bond donors (Lipinski definition) is 1. The van der Waals surface area contributed by atoms with Crippen molar-refractivity contribution < 1.29 is 13.6 Å². The number of halogens is 3. The highest BCUT2D eigenvalue weighted by molar-refractivity contribution is 9.10. The van der Waals surface area contributed by atoms with E-state index < -0.39 is 11.7 Å². The Morgan fingerprint density at radius 3 is 2.84 bits per heavy atom. The lowest BCUT2D eigenvalue weighted by atomic mass is 10.3. The summed E-state index contributed by atoms with van der Waals surface area (Å²) in [4.78, 5) is 11.6. The molecule has 0 aliphatic rings. The van der Waals surface area contributed by atoms with Crippen LogP contribution >= 0.6 is 27.5 Å². The molecular formula is C13H8BrClFNO2. The summed E-state index contributed by atoms with van der Waals surface area (Å²) >= 11 is 8.75. The number of anilines is 1. The van der Waals surface area contributed by atoms with E-state index in [1.807, 2.05) is 0 Å². The number of amides is 1. The van der Waals surface area contributed by atoms with Crippen LogP contribution in [0.5, 0.6) is 0 Å². The Morgan fingerprint density at radius 1 is 1.37 bits per heavy atom. The lowest BCUT2D eigenvalue weighted by molar-refractivity contribution is -0.111. The summed E-state index contributed by atoms with van der Waals surface area (Å²) in [6, 6.07) is 7.77. The normalized spacial score (nSPS) is 10.9. The van der Waals surface area contributed by atoms with Gasteiger partial charge in [0.2, 0.25) is 5.91 Å². The fourth-order valence-corrected chi connectivity index (χ4v) is 1.84. The molecule has 1 heterocycles. The minimum absolute atomic E-state index is 0.0303. The fraction of sp³-hybridized carbons (Fsp3) is 0. The first kappa shape index (κ1) is 13.8. The molecule has 0 saturated carbocycles. The molecule has 2 rings (SSSR count). The largest absolute Gasteiger partial charge is 0.450 e. The Balaban J connectivity index is 2.05. The zero-order chi connectivity index (χ0) is 13.8. The summed E-state index contributed by atoms with van der Waals surface area (Å²) in [6.45, 7) is 0. The first-order valence-corrected chi connectivity index (χ1v) is 6.42. The van der Waals surface area contributed by atoms with E-state index in [4.69, 9.17) is 16.0 Å². The van der Waals surface area contributed by atoms with Gasteiger partial charge in [-0.1, -0.05) is 17.7 Å². The first-order valence-electron chi connectivity index (χ1n) is 5.24. The third-order valence-electron chi connectivity index (χ3n) is 2.20. The second-order valence-electron chi connectivity index (χ2n) is 3.57. The molecule has 0 unspecified atom stereocenters. The molecule has 0 aliphatic carbocycles. The van der Waals surface area contributed by atoms with Crippen molar-refractivity contribution >= 4 is 45.2 Å². The van der Waals surface area contributed by atoms with E-state index in [2.05, 4.69) is 21.2 Å². The van der Waals surface area contributed by atoms with Crippen LogP contribution in [-0.4, -0.2) is 5.91 Å². The van der Waals surface area contributed by atoms with Crippen molar-refractivity contribution in [3.05, 3.63) is 57.7 Å². The van der Waals surface area contributed by atoms with E-state index in [1.54, 1.807) is 18.2 Å². The SMILES string of the molecule is O=C(/C=C/c1ccc(Br)o1)Nc1cccc(Cl)c1F. The predicted molar refractivity (Wildman–Crippen MR) is 75.5 cm³/mol. The van der Waals surface area contributed by atoms with Gasteiger partial charge in [-0.2, -0.15) is 0 Å². The molecule has 1 amide bonds. The van der Waals surface area contributed by atoms with E-state index in [-0.39, 0.29) is 10.7 Å². The average molecular weight is 345 g/mol. The second-order valence-corrected chi connectivity index (χ2v) is 4.75. The van der Waals surface area contributed by atoms with Crippen LogP contribution in [0.15, 0.2) is 45.5 Å². The van der Waals surface area contributed by atoms with Crippen LogP contribution < -0.4 is 5.32 Å². The summed E-state index contributed by atoms with van der Waals surface area (Å²) in [5, 5.41) is 2.34. The molecule has 3 nitrogen and oxygen atoms in total. The molecule has 0 radical (unpaired) electrons. The molecule has 19 heavy (non-hydrogen) atoms. The molecule has 0 fully saturated rings. The van der Waals surface area contributed by atoms with E-state index in [1.165, 1.54) is 24.3 Å². The van der Waals surface area contributed by atoms with E-state index in [9.17, 15) is 9.18 Å². The molecule has 1 aromatic heterocycles. The van der Waals surface area contributed by atoms with Crippen LogP contribution in [0.3, 0.4) is 0 Å². The number of hydrogen-bond acceptors (Lipinski definition) is 2. The van der Waals surface area contributed by atoms with Gasteiger partial charge in [-0.3, -0.25) is 4.79 Å². The van der Waals surface area contributed by atoms with Crippen molar-refractivity contribution in [2.75, 3.05) is 5.32 Å². The molecule has 1 aromatic carbocycles. The van der Waals surface area contributed by atoms with Gasteiger partial charge in [-0.05, 0) is 46.3 Å². The highest BCUT2D eigenvalue weighted by atomic mass is 79.9. The molecule has 0 atom stereocenters. The predicted octanol–water partition coefficient (Wildman–Crippen LogP) is 4.49. The van der Waals surface area contributed by atoms with Gasteiger partial charge >= 0.3 is 0 Å². The molecule has 0 saturated heterocycles. The molecule has 1 N–H and O–H groups in total. The van der Waals surface area contributed by atoms with Gasteiger partial charge < -0.3 is 9.73 Å². The average Bonchev–Trinajstić information content (AvgIpc) is 2.78. The lowest BCUT2D eigenvalue weighted by Crippen LogP contribution is -2.09. The van der Waals surface area contributed by atoms with Crippen molar-refractivity contribution in [2.45, 2.75) is 0 Å². The lowest BCUT2D eigenvalue weighted by Gasteiger charge is -2.04. The molecule has 6 heteroatoms. The fourth-order valence-electron chi connectivity index (χ4n) is 1.35. The van der Waals surface area contributed by atoms with Gasteiger partial charge in [0.1, 0.15) is 5.76 Å². The molecule has 0 bridgehead atoms. The van der Waals surface area contributed by atoms with Gasteiger partial charge in [-0.15, -0.1) is 0 Å². The smallest absolute Gasteiger partial charge is 0.248 e. The summed E-state index contributed by atoms with van der Waals surface area (Å²) in [6.07, 6.45) is 2.72. The Kier molecular flexibility index (Phi) is 4.39. The highest BCUT2D eigenvalue weighted by Crippen LogP contribution is 2.22. The van der Waals surface area contributed by atoms with Crippen LogP contribution in [0.4, 0.5) is 10.1 Å².